The summed E-state index contributed by atoms with van der Waals surface area (Å²) in [6.07, 6.45) is 1.05. The summed E-state index contributed by atoms with van der Waals surface area (Å²) in [5.74, 6) is 1.12. The van der Waals surface area contributed by atoms with Crippen molar-refractivity contribution in [3.05, 3.63) is 58.6 Å². The molecule has 0 spiro atoms. The highest BCUT2D eigenvalue weighted by Crippen LogP contribution is 2.45. The van der Waals surface area contributed by atoms with Gasteiger partial charge in [-0.1, -0.05) is 41.6 Å². The molecule has 0 saturated carbocycles. The summed E-state index contributed by atoms with van der Waals surface area (Å²) in [6, 6.07) is 15.0. The van der Waals surface area contributed by atoms with Crippen molar-refractivity contribution >= 4 is 47.5 Å². The van der Waals surface area contributed by atoms with E-state index < -0.39 is 0 Å². The average molecular weight is 372 g/mol. The second kappa shape index (κ2) is 8.51. The Bertz CT molecular complexity index is 634. The van der Waals surface area contributed by atoms with Gasteiger partial charge in [0, 0.05) is 32.4 Å². The lowest BCUT2D eigenvalue weighted by molar-refractivity contribution is 0.858. The zero-order valence-corrected chi connectivity index (χ0v) is 15.5. The molecule has 2 aromatic carbocycles. The number of hydrogen-bond acceptors (Lipinski definition) is 3. The Kier molecular flexibility index (Phi) is 6.97. The van der Waals surface area contributed by atoms with Crippen LogP contribution in [0.2, 0.25) is 5.02 Å². The van der Waals surface area contributed by atoms with Crippen molar-refractivity contribution in [2.75, 3.05) is 19.3 Å². The molecular formula is C17H19Cl2NS2. The molecule has 0 radical (unpaired) electrons. The topological polar surface area (TPSA) is 12.0 Å². The number of nitrogens with one attached hydrogen (secondary N) is 1. The van der Waals surface area contributed by atoms with Crippen LogP contribution < -0.4 is 5.32 Å². The van der Waals surface area contributed by atoms with E-state index in [0.717, 1.165) is 23.7 Å². The smallest absolute Gasteiger partial charge is 0.0409 e. The number of rotatable bonds is 4. The fourth-order valence-corrected chi connectivity index (χ4v) is 5.21. The van der Waals surface area contributed by atoms with E-state index in [4.69, 9.17) is 11.6 Å². The van der Waals surface area contributed by atoms with Crippen LogP contribution in [0.15, 0.2) is 52.3 Å². The maximum atomic E-state index is 6.19. The molecule has 1 atom stereocenters. The molecule has 0 aromatic heterocycles. The molecule has 1 N–H and O–H groups in total. The third-order valence-corrected chi connectivity index (χ3v) is 6.29. The van der Waals surface area contributed by atoms with E-state index in [-0.39, 0.29) is 12.4 Å². The fourth-order valence-electron chi connectivity index (χ4n) is 2.53. The van der Waals surface area contributed by atoms with Crippen molar-refractivity contribution < 1.29 is 0 Å². The summed E-state index contributed by atoms with van der Waals surface area (Å²) in [5, 5.41) is 4.56. The molecule has 0 bridgehead atoms. The van der Waals surface area contributed by atoms with E-state index in [1.165, 1.54) is 20.9 Å². The first-order valence-corrected chi connectivity index (χ1v) is 9.33. The monoisotopic (exact) mass is 371 g/mol. The summed E-state index contributed by atoms with van der Waals surface area (Å²) < 4.78 is 0. The van der Waals surface area contributed by atoms with Crippen molar-refractivity contribution in [3.8, 4) is 0 Å². The van der Waals surface area contributed by atoms with Crippen LogP contribution in [0.5, 0.6) is 0 Å². The first-order chi connectivity index (χ1) is 10.3. The van der Waals surface area contributed by atoms with Gasteiger partial charge in [-0.05, 0) is 48.9 Å². The summed E-state index contributed by atoms with van der Waals surface area (Å²) >= 11 is 10.1. The molecule has 2 aromatic rings. The van der Waals surface area contributed by atoms with Gasteiger partial charge in [-0.15, -0.1) is 12.4 Å². The standard InChI is InChI=1S/C17H18ClNS2.ClH/c1-19-8-9-20-17-11-12-10-13(18)6-7-15(12)21-16-5-3-2-4-14(16)17;/h2-7,10,17,19H,8-9,11H2,1H3;1H. The second-order valence-corrected chi connectivity index (χ2v) is 7.89. The summed E-state index contributed by atoms with van der Waals surface area (Å²) in [6.45, 7) is 1.04. The van der Waals surface area contributed by atoms with Gasteiger partial charge < -0.3 is 5.32 Å². The van der Waals surface area contributed by atoms with Gasteiger partial charge in [-0.2, -0.15) is 11.8 Å². The van der Waals surface area contributed by atoms with Gasteiger partial charge in [0.1, 0.15) is 0 Å². The van der Waals surface area contributed by atoms with Crippen molar-refractivity contribution in [3.63, 3.8) is 0 Å². The molecule has 1 nitrogen and oxygen atoms in total. The molecule has 0 saturated heterocycles. The Morgan fingerprint density at radius 2 is 2.05 bits per heavy atom. The summed E-state index contributed by atoms with van der Waals surface area (Å²) in [4.78, 5) is 2.71. The SMILES string of the molecule is CNCCSC1Cc2cc(Cl)ccc2Sc2ccccc21.Cl. The van der Waals surface area contributed by atoms with E-state index in [9.17, 15) is 0 Å². The molecule has 3 rings (SSSR count). The second-order valence-electron chi connectivity index (χ2n) is 5.06. The predicted octanol–water partition coefficient (Wildman–Crippen LogP) is 5.46. The summed E-state index contributed by atoms with van der Waals surface area (Å²) in [5.41, 5.74) is 2.82. The molecule has 118 valence electrons. The number of hydrogen-bond donors (Lipinski definition) is 1. The first kappa shape index (κ1) is 18.0. The Balaban J connectivity index is 0.00000176. The van der Waals surface area contributed by atoms with E-state index in [2.05, 4.69) is 41.7 Å². The Labute approximate surface area is 152 Å². The number of fused-ring (bicyclic) bond motifs is 2. The van der Waals surface area contributed by atoms with Crippen LogP contribution in [0.3, 0.4) is 0 Å². The van der Waals surface area contributed by atoms with Crippen LogP contribution in [0.4, 0.5) is 0 Å². The third-order valence-electron chi connectivity index (χ3n) is 3.58. The molecule has 1 aliphatic rings. The van der Waals surface area contributed by atoms with Crippen LogP contribution in [0.1, 0.15) is 16.4 Å². The minimum Gasteiger partial charge on any atom is -0.319 e. The van der Waals surface area contributed by atoms with Crippen LogP contribution in [-0.2, 0) is 6.42 Å². The fraction of sp³-hybridized carbons (Fsp3) is 0.294. The highest BCUT2D eigenvalue weighted by molar-refractivity contribution is 8.00. The van der Waals surface area contributed by atoms with Crippen LogP contribution in [0.25, 0.3) is 0 Å². The normalized spacial score (nSPS) is 16.2. The molecule has 1 aliphatic heterocycles. The number of thioether (sulfide) groups is 1. The van der Waals surface area contributed by atoms with Crippen molar-refractivity contribution in [1.29, 1.82) is 0 Å². The van der Waals surface area contributed by atoms with Crippen LogP contribution in [0, 0.1) is 0 Å². The number of halogens is 2. The minimum atomic E-state index is 0. The maximum absolute atomic E-state index is 6.19. The predicted molar refractivity (Wildman–Crippen MR) is 102 cm³/mol. The molecule has 1 heterocycles. The zero-order chi connectivity index (χ0) is 14.7. The van der Waals surface area contributed by atoms with E-state index in [1.807, 2.05) is 36.6 Å². The van der Waals surface area contributed by atoms with E-state index in [1.54, 1.807) is 0 Å². The van der Waals surface area contributed by atoms with Crippen LogP contribution in [-0.4, -0.2) is 19.3 Å². The van der Waals surface area contributed by atoms with E-state index >= 15 is 0 Å². The molecule has 1 unspecified atom stereocenters. The average Bonchev–Trinajstić information content (AvgIpc) is 2.64. The molecule has 22 heavy (non-hydrogen) atoms. The Morgan fingerprint density at radius 3 is 2.86 bits per heavy atom. The Hall–Kier alpha value is -0.320. The number of benzene rings is 2. The maximum Gasteiger partial charge on any atom is 0.0409 e. The molecule has 0 amide bonds. The van der Waals surface area contributed by atoms with Crippen molar-refractivity contribution in [1.82, 2.24) is 5.32 Å². The highest BCUT2D eigenvalue weighted by Gasteiger charge is 2.22. The van der Waals surface area contributed by atoms with E-state index in [0.29, 0.717) is 5.25 Å². The Morgan fingerprint density at radius 1 is 1.23 bits per heavy atom. The minimum absolute atomic E-state index is 0. The van der Waals surface area contributed by atoms with Crippen molar-refractivity contribution in [2.24, 2.45) is 0 Å². The van der Waals surface area contributed by atoms with Gasteiger partial charge in [0.15, 0.2) is 0 Å². The quantitative estimate of drug-likeness (QED) is 0.716. The zero-order valence-electron chi connectivity index (χ0n) is 12.3. The van der Waals surface area contributed by atoms with Crippen LogP contribution >= 0.6 is 47.5 Å². The third kappa shape index (κ3) is 4.15. The first-order valence-electron chi connectivity index (χ1n) is 7.09. The van der Waals surface area contributed by atoms with Gasteiger partial charge in [0.2, 0.25) is 0 Å². The van der Waals surface area contributed by atoms with Gasteiger partial charge in [-0.3, -0.25) is 0 Å². The van der Waals surface area contributed by atoms with Gasteiger partial charge >= 0.3 is 0 Å². The lowest BCUT2D eigenvalue weighted by Crippen LogP contribution is -2.11. The largest absolute Gasteiger partial charge is 0.319 e. The highest BCUT2D eigenvalue weighted by atomic mass is 35.5. The summed E-state index contributed by atoms with van der Waals surface area (Å²) in [7, 11) is 2.01. The van der Waals surface area contributed by atoms with Gasteiger partial charge in [-0.25, -0.2) is 0 Å². The van der Waals surface area contributed by atoms with Crippen molar-refractivity contribution in [2.45, 2.75) is 21.5 Å². The lowest BCUT2D eigenvalue weighted by Gasteiger charge is -2.17. The lowest BCUT2D eigenvalue weighted by atomic mass is 10.0. The molecule has 5 heteroatoms. The molecule has 0 fully saturated rings. The van der Waals surface area contributed by atoms with Gasteiger partial charge in [0.25, 0.3) is 0 Å². The molecular weight excluding hydrogens is 353 g/mol. The van der Waals surface area contributed by atoms with Gasteiger partial charge in [0.05, 0.1) is 0 Å². The molecule has 0 aliphatic carbocycles.